The lowest BCUT2D eigenvalue weighted by Gasteiger charge is -2.18. The monoisotopic (exact) mass is 484 g/mol. The van der Waals surface area contributed by atoms with Gasteiger partial charge in [0.2, 0.25) is 5.96 Å². The van der Waals surface area contributed by atoms with Gasteiger partial charge in [0.1, 0.15) is 0 Å². The lowest BCUT2D eigenvalue weighted by molar-refractivity contribution is 0.0972. The number of hydrogen-bond acceptors (Lipinski definition) is 6. The molecule has 174 valence electrons. The van der Waals surface area contributed by atoms with Gasteiger partial charge in [-0.15, -0.1) is 5.10 Å². The zero-order valence-electron chi connectivity index (χ0n) is 18.8. The highest BCUT2D eigenvalue weighted by Crippen LogP contribution is 2.29. The van der Waals surface area contributed by atoms with Crippen molar-refractivity contribution in [2.24, 2.45) is 10.1 Å². The van der Waals surface area contributed by atoms with Gasteiger partial charge in [-0.25, -0.2) is 5.01 Å². The first kappa shape index (κ1) is 22.4. The molecule has 4 aromatic rings. The maximum absolute atomic E-state index is 13.0. The zero-order valence-corrected chi connectivity index (χ0v) is 19.5. The van der Waals surface area contributed by atoms with E-state index >= 15 is 0 Å². The number of H-pyrrole nitrogens is 1. The van der Waals surface area contributed by atoms with Crippen LogP contribution in [-0.4, -0.2) is 49.8 Å². The molecular weight excluding hydrogens is 464 g/mol. The van der Waals surface area contributed by atoms with Crippen LogP contribution in [0.2, 0.25) is 5.02 Å². The van der Waals surface area contributed by atoms with E-state index in [9.17, 15) is 4.79 Å². The number of aromatic amines is 1. The highest BCUT2D eigenvalue weighted by Gasteiger charge is 2.32. The van der Waals surface area contributed by atoms with E-state index in [1.807, 2.05) is 25.1 Å². The number of tetrazole rings is 1. The summed E-state index contributed by atoms with van der Waals surface area (Å²) in [6.07, 6.45) is 0. The Morgan fingerprint density at radius 1 is 1.06 bits per heavy atom. The summed E-state index contributed by atoms with van der Waals surface area (Å²) in [5, 5.41) is 23.7. The summed E-state index contributed by atoms with van der Waals surface area (Å²) in [4.78, 5) is 17.4. The van der Waals surface area contributed by atoms with Crippen LogP contribution in [0.4, 0.5) is 5.95 Å². The Kier molecular flexibility index (Phi) is 6.32. The lowest BCUT2D eigenvalue weighted by Crippen LogP contribution is -2.41. The van der Waals surface area contributed by atoms with Gasteiger partial charge >= 0.3 is 0 Å². The second-order valence-corrected chi connectivity index (χ2v) is 8.44. The largest absolute Gasteiger partial charge is 0.292 e. The summed E-state index contributed by atoms with van der Waals surface area (Å²) in [5.74, 6) is -0.137. The van der Waals surface area contributed by atoms with Crippen molar-refractivity contribution in [1.29, 1.82) is 0 Å². The van der Waals surface area contributed by atoms with Crippen LogP contribution in [0, 0.1) is 6.92 Å². The van der Waals surface area contributed by atoms with Gasteiger partial charge in [0.25, 0.3) is 11.9 Å². The van der Waals surface area contributed by atoms with Crippen LogP contribution in [-0.2, 0) is 0 Å². The van der Waals surface area contributed by atoms with Crippen molar-refractivity contribution in [2.75, 3.05) is 6.54 Å². The molecule has 1 aromatic heterocycles. The number of amides is 1. The zero-order chi connectivity index (χ0) is 24.2. The predicted octanol–water partition coefficient (Wildman–Crippen LogP) is 4.08. The molecular formula is C25H21ClN8O. The molecule has 1 amide bonds. The van der Waals surface area contributed by atoms with Gasteiger partial charge in [0.15, 0.2) is 0 Å². The van der Waals surface area contributed by atoms with Gasteiger partial charge < -0.3 is 0 Å². The molecule has 10 heteroatoms. The molecule has 0 spiro atoms. The molecule has 0 saturated carbocycles. The summed E-state index contributed by atoms with van der Waals surface area (Å²) in [6.45, 7) is 2.51. The number of carbonyl (C=O) groups is 1. The van der Waals surface area contributed by atoms with Gasteiger partial charge in [-0.2, -0.15) is 15.3 Å². The fraction of sp³-hybridized carbons (Fsp3) is 0.120. The Morgan fingerprint density at radius 2 is 1.80 bits per heavy atom. The first-order valence-corrected chi connectivity index (χ1v) is 11.3. The summed E-state index contributed by atoms with van der Waals surface area (Å²) >= 11 is 5.97. The van der Waals surface area contributed by atoms with Crippen molar-refractivity contribution in [1.82, 2.24) is 30.9 Å². The quantitative estimate of drug-likeness (QED) is 0.335. The summed E-state index contributed by atoms with van der Waals surface area (Å²) in [7, 11) is 0. The van der Waals surface area contributed by atoms with Crippen molar-refractivity contribution >= 4 is 35.1 Å². The molecule has 5 rings (SSSR count). The van der Waals surface area contributed by atoms with Crippen LogP contribution < -0.4 is 5.32 Å². The van der Waals surface area contributed by atoms with E-state index in [0.717, 1.165) is 22.4 Å². The maximum Gasteiger partial charge on any atom is 0.292 e. The van der Waals surface area contributed by atoms with Crippen molar-refractivity contribution in [3.8, 4) is 0 Å². The van der Waals surface area contributed by atoms with Gasteiger partial charge in [-0.05, 0) is 47.5 Å². The molecule has 2 N–H and O–H groups in total. The standard InChI is InChI=1S/C25H21ClN8O/c1-16-7-9-18(10-8-16)22-21(17-5-3-2-4-6-17)15-34(31-22)25(28-24-29-32-33-30-24)27-23(35)19-11-13-20(26)14-12-19/h2-14,21H,15H2,1H3,(H2,27,28,29,30,32,33,35). The second-order valence-electron chi connectivity index (χ2n) is 8.00. The minimum absolute atomic E-state index is 0.0400. The van der Waals surface area contributed by atoms with Crippen molar-refractivity contribution in [3.63, 3.8) is 0 Å². The molecule has 0 fully saturated rings. The van der Waals surface area contributed by atoms with Crippen LogP contribution in [0.15, 0.2) is 89.0 Å². The van der Waals surface area contributed by atoms with Crippen molar-refractivity contribution in [2.45, 2.75) is 12.8 Å². The average Bonchev–Trinajstić information content (AvgIpc) is 3.55. The van der Waals surface area contributed by atoms with E-state index in [2.05, 4.69) is 67.3 Å². The number of hydrogen-bond donors (Lipinski definition) is 2. The third-order valence-electron chi connectivity index (χ3n) is 5.58. The van der Waals surface area contributed by atoms with E-state index in [4.69, 9.17) is 16.7 Å². The van der Waals surface area contributed by atoms with Crippen molar-refractivity contribution in [3.05, 3.63) is 106 Å². The minimum Gasteiger partial charge on any atom is -0.291 e. The van der Waals surface area contributed by atoms with E-state index < -0.39 is 0 Å². The number of aromatic nitrogens is 4. The SMILES string of the molecule is Cc1ccc(C2=NN(/C(=N\c3nn[nH]n3)NC(=O)c3ccc(Cl)cc3)CC2c2ccccc2)cc1. The fourth-order valence-corrected chi connectivity index (χ4v) is 3.92. The van der Waals surface area contributed by atoms with Gasteiger partial charge in [-0.3, -0.25) is 10.1 Å². The maximum atomic E-state index is 13.0. The number of guanidine groups is 1. The van der Waals surface area contributed by atoms with Gasteiger partial charge in [0, 0.05) is 16.5 Å². The van der Waals surface area contributed by atoms with E-state index in [1.54, 1.807) is 29.3 Å². The molecule has 0 aliphatic carbocycles. The summed E-state index contributed by atoms with van der Waals surface area (Å²) < 4.78 is 0. The molecule has 35 heavy (non-hydrogen) atoms. The number of carbonyl (C=O) groups excluding carboxylic acids is 1. The molecule has 0 bridgehead atoms. The Morgan fingerprint density at radius 3 is 2.49 bits per heavy atom. The van der Waals surface area contributed by atoms with E-state index in [-0.39, 0.29) is 23.7 Å². The predicted molar refractivity (Wildman–Crippen MR) is 134 cm³/mol. The highest BCUT2D eigenvalue weighted by molar-refractivity contribution is 6.30. The van der Waals surface area contributed by atoms with Crippen LogP contribution in [0.5, 0.6) is 0 Å². The highest BCUT2D eigenvalue weighted by atomic mass is 35.5. The number of nitrogens with one attached hydrogen (secondary N) is 2. The minimum atomic E-state index is -0.362. The first-order valence-electron chi connectivity index (χ1n) is 10.9. The normalized spacial score (nSPS) is 15.7. The molecule has 0 radical (unpaired) electrons. The number of halogens is 1. The number of benzene rings is 3. The number of aryl methyl sites for hydroxylation is 1. The molecule has 1 unspecified atom stereocenters. The topological polar surface area (TPSA) is 112 Å². The van der Waals surface area contributed by atoms with Crippen molar-refractivity contribution < 1.29 is 4.79 Å². The molecule has 0 saturated heterocycles. The van der Waals surface area contributed by atoms with Gasteiger partial charge in [0.05, 0.1) is 12.3 Å². The Labute approximate surface area is 206 Å². The van der Waals surface area contributed by atoms with Crippen LogP contribution >= 0.6 is 11.6 Å². The van der Waals surface area contributed by atoms with Gasteiger partial charge in [-0.1, -0.05) is 76.9 Å². The Bertz CT molecular complexity index is 1370. The second kappa shape index (κ2) is 9.86. The van der Waals surface area contributed by atoms with Crippen LogP contribution in [0.3, 0.4) is 0 Å². The summed E-state index contributed by atoms with van der Waals surface area (Å²) in [6, 6.07) is 24.9. The third-order valence-corrected chi connectivity index (χ3v) is 5.83. The van der Waals surface area contributed by atoms with Crippen LogP contribution in [0.25, 0.3) is 0 Å². The average molecular weight is 485 g/mol. The number of aliphatic imine (C=N–C) groups is 1. The van der Waals surface area contributed by atoms with E-state index in [1.165, 1.54) is 0 Å². The molecule has 2 heterocycles. The number of rotatable bonds is 4. The Hall–Kier alpha value is -4.37. The molecule has 1 atom stereocenters. The lowest BCUT2D eigenvalue weighted by atomic mass is 9.90. The molecule has 1 aliphatic rings. The first-order chi connectivity index (χ1) is 17.1. The summed E-state index contributed by atoms with van der Waals surface area (Å²) in [5.41, 5.74) is 4.57. The number of hydrazone groups is 1. The molecule has 3 aromatic carbocycles. The number of nitrogens with zero attached hydrogens (tertiary/aromatic N) is 6. The van der Waals surface area contributed by atoms with E-state index in [0.29, 0.717) is 17.1 Å². The third kappa shape index (κ3) is 5.10. The van der Waals surface area contributed by atoms with Crippen LogP contribution in [0.1, 0.15) is 33.0 Å². The molecule has 1 aliphatic heterocycles. The fourth-order valence-electron chi connectivity index (χ4n) is 3.79. The molecule has 9 nitrogen and oxygen atoms in total. The smallest absolute Gasteiger partial charge is 0.291 e. The Balaban J connectivity index is 1.52.